The monoisotopic (exact) mass is 349 g/mol. The minimum atomic E-state index is -3.35. The predicted octanol–water partition coefficient (Wildman–Crippen LogP) is 1.44. The van der Waals surface area contributed by atoms with Gasteiger partial charge in [0.1, 0.15) is 0 Å². The SMILES string of the molecule is CCNCc1ccccc1NC(=O)CN(C)S(=O)(=O)CC.Cl. The van der Waals surface area contributed by atoms with E-state index in [0.717, 1.165) is 16.4 Å². The maximum atomic E-state index is 12.0. The van der Waals surface area contributed by atoms with E-state index in [2.05, 4.69) is 10.6 Å². The molecule has 1 rings (SSSR count). The highest BCUT2D eigenvalue weighted by Crippen LogP contribution is 2.14. The van der Waals surface area contributed by atoms with Crippen molar-refractivity contribution in [3.05, 3.63) is 29.8 Å². The third-order valence-electron chi connectivity index (χ3n) is 3.06. The van der Waals surface area contributed by atoms with Crippen LogP contribution in [0.25, 0.3) is 0 Å². The van der Waals surface area contributed by atoms with Gasteiger partial charge in [0.05, 0.1) is 12.3 Å². The first-order valence-corrected chi connectivity index (χ1v) is 8.54. The van der Waals surface area contributed by atoms with Gasteiger partial charge in [-0.05, 0) is 25.1 Å². The Morgan fingerprint density at radius 3 is 2.45 bits per heavy atom. The molecule has 0 fully saturated rings. The second-order valence-electron chi connectivity index (χ2n) is 4.64. The van der Waals surface area contributed by atoms with Gasteiger partial charge in [-0.2, -0.15) is 4.31 Å². The van der Waals surface area contributed by atoms with Crippen LogP contribution in [0.3, 0.4) is 0 Å². The molecule has 0 heterocycles. The van der Waals surface area contributed by atoms with Crippen molar-refractivity contribution in [2.75, 3.05) is 31.2 Å². The zero-order chi connectivity index (χ0) is 15.9. The minimum absolute atomic E-state index is 0. The van der Waals surface area contributed by atoms with Crippen LogP contribution in [-0.2, 0) is 21.4 Å². The Hall–Kier alpha value is -1.15. The van der Waals surface area contributed by atoms with Crippen LogP contribution in [0.2, 0.25) is 0 Å². The first-order valence-electron chi connectivity index (χ1n) is 6.93. The van der Waals surface area contributed by atoms with Crippen LogP contribution in [0.5, 0.6) is 0 Å². The average Bonchev–Trinajstić information content (AvgIpc) is 2.46. The highest BCUT2D eigenvalue weighted by atomic mass is 35.5. The summed E-state index contributed by atoms with van der Waals surface area (Å²) in [6, 6.07) is 7.46. The summed E-state index contributed by atoms with van der Waals surface area (Å²) in [5.74, 6) is -0.369. The molecule has 1 aromatic rings. The van der Waals surface area contributed by atoms with Crippen LogP contribution in [0.4, 0.5) is 5.69 Å². The number of likely N-dealkylation sites (N-methyl/N-ethyl adjacent to an activating group) is 1. The largest absolute Gasteiger partial charge is 0.325 e. The molecule has 0 unspecified atom stereocenters. The molecule has 0 aliphatic carbocycles. The topological polar surface area (TPSA) is 78.5 Å². The normalized spacial score (nSPS) is 11.1. The van der Waals surface area contributed by atoms with Crippen molar-refractivity contribution in [1.82, 2.24) is 9.62 Å². The van der Waals surface area contributed by atoms with Crippen LogP contribution < -0.4 is 10.6 Å². The first kappa shape index (κ1) is 20.9. The van der Waals surface area contributed by atoms with Crippen LogP contribution in [0, 0.1) is 0 Å². The number of amides is 1. The summed E-state index contributed by atoms with van der Waals surface area (Å²) >= 11 is 0. The van der Waals surface area contributed by atoms with Crippen molar-refractivity contribution in [3.8, 4) is 0 Å². The predicted molar refractivity (Wildman–Crippen MR) is 91.8 cm³/mol. The Labute approximate surface area is 138 Å². The van der Waals surface area contributed by atoms with Gasteiger partial charge in [-0.3, -0.25) is 4.79 Å². The molecule has 0 radical (unpaired) electrons. The Morgan fingerprint density at radius 1 is 1.23 bits per heavy atom. The van der Waals surface area contributed by atoms with Gasteiger partial charge in [0.2, 0.25) is 15.9 Å². The van der Waals surface area contributed by atoms with E-state index in [1.54, 1.807) is 13.0 Å². The summed E-state index contributed by atoms with van der Waals surface area (Å²) in [5, 5.41) is 5.96. The zero-order valence-corrected chi connectivity index (χ0v) is 14.8. The van der Waals surface area contributed by atoms with Crippen molar-refractivity contribution < 1.29 is 13.2 Å². The fourth-order valence-corrected chi connectivity index (χ4v) is 2.52. The van der Waals surface area contributed by atoms with Crippen LogP contribution in [0.1, 0.15) is 19.4 Å². The minimum Gasteiger partial charge on any atom is -0.325 e. The van der Waals surface area contributed by atoms with E-state index in [0.29, 0.717) is 12.2 Å². The molecular formula is C14H24ClN3O3S. The molecule has 1 amide bonds. The summed E-state index contributed by atoms with van der Waals surface area (Å²) in [6.45, 7) is 4.85. The number of para-hydroxylation sites is 1. The molecule has 0 atom stereocenters. The van der Waals surface area contributed by atoms with E-state index >= 15 is 0 Å². The summed E-state index contributed by atoms with van der Waals surface area (Å²) < 4.78 is 24.3. The lowest BCUT2D eigenvalue weighted by Crippen LogP contribution is -2.36. The summed E-state index contributed by atoms with van der Waals surface area (Å²) in [6.07, 6.45) is 0. The number of nitrogens with zero attached hydrogens (tertiary/aromatic N) is 1. The van der Waals surface area contributed by atoms with Crippen molar-refractivity contribution in [2.45, 2.75) is 20.4 Å². The summed E-state index contributed by atoms with van der Waals surface area (Å²) in [4.78, 5) is 12.0. The third-order valence-corrected chi connectivity index (χ3v) is 4.87. The second-order valence-corrected chi connectivity index (χ2v) is 7.01. The number of carbonyl (C=O) groups excluding carboxylic acids is 1. The molecule has 6 nitrogen and oxygen atoms in total. The third kappa shape index (κ3) is 6.31. The number of hydrogen-bond donors (Lipinski definition) is 2. The van der Waals surface area contributed by atoms with Gasteiger partial charge in [0.25, 0.3) is 0 Å². The maximum Gasteiger partial charge on any atom is 0.239 e. The maximum absolute atomic E-state index is 12.0. The molecule has 0 saturated carbocycles. The number of carbonyl (C=O) groups is 1. The summed E-state index contributed by atoms with van der Waals surface area (Å²) in [7, 11) is -1.94. The number of hydrogen-bond acceptors (Lipinski definition) is 4. The lowest BCUT2D eigenvalue weighted by molar-refractivity contribution is -0.116. The molecule has 22 heavy (non-hydrogen) atoms. The molecule has 1 aromatic carbocycles. The van der Waals surface area contributed by atoms with Crippen molar-refractivity contribution in [3.63, 3.8) is 0 Å². The summed E-state index contributed by atoms with van der Waals surface area (Å²) in [5.41, 5.74) is 1.67. The molecule has 0 aliphatic heterocycles. The zero-order valence-electron chi connectivity index (χ0n) is 13.1. The van der Waals surface area contributed by atoms with E-state index < -0.39 is 10.0 Å². The van der Waals surface area contributed by atoms with E-state index in [1.165, 1.54) is 7.05 Å². The Morgan fingerprint density at radius 2 is 1.86 bits per heavy atom. The van der Waals surface area contributed by atoms with Gasteiger partial charge in [0, 0.05) is 19.3 Å². The fourth-order valence-electron chi connectivity index (χ4n) is 1.77. The van der Waals surface area contributed by atoms with Gasteiger partial charge in [-0.25, -0.2) is 8.42 Å². The van der Waals surface area contributed by atoms with Gasteiger partial charge >= 0.3 is 0 Å². The molecule has 0 bridgehead atoms. The lowest BCUT2D eigenvalue weighted by Gasteiger charge is -2.16. The first-order chi connectivity index (χ1) is 9.90. The molecule has 0 spiro atoms. The number of benzene rings is 1. The van der Waals surface area contributed by atoms with Crippen molar-refractivity contribution >= 4 is 34.0 Å². The van der Waals surface area contributed by atoms with E-state index in [9.17, 15) is 13.2 Å². The Bertz CT molecular complexity index is 578. The molecule has 2 N–H and O–H groups in total. The number of halogens is 1. The number of anilines is 1. The standard InChI is InChI=1S/C14H23N3O3S.ClH/c1-4-15-10-12-8-6-7-9-13(12)16-14(18)11-17(3)21(19,20)5-2;/h6-9,15H,4-5,10-11H2,1-3H3,(H,16,18);1H. The van der Waals surface area contributed by atoms with Gasteiger partial charge in [-0.1, -0.05) is 25.1 Å². The Balaban J connectivity index is 0.00000441. The molecule has 8 heteroatoms. The lowest BCUT2D eigenvalue weighted by atomic mass is 10.1. The van der Waals surface area contributed by atoms with E-state index in [1.807, 2.05) is 25.1 Å². The molecule has 0 aromatic heterocycles. The Kier molecular flexibility index (Phi) is 9.27. The van der Waals surface area contributed by atoms with E-state index in [4.69, 9.17) is 0 Å². The molecule has 126 valence electrons. The van der Waals surface area contributed by atoms with Crippen LogP contribution in [-0.4, -0.2) is 44.5 Å². The number of sulfonamides is 1. The molecule has 0 saturated heterocycles. The number of rotatable bonds is 8. The van der Waals surface area contributed by atoms with Crippen LogP contribution >= 0.6 is 12.4 Å². The quantitative estimate of drug-likeness (QED) is 0.744. The smallest absolute Gasteiger partial charge is 0.239 e. The van der Waals surface area contributed by atoms with Crippen LogP contribution in [0.15, 0.2) is 24.3 Å². The van der Waals surface area contributed by atoms with Gasteiger partial charge in [0.15, 0.2) is 0 Å². The highest BCUT2D eigenvalue weighted by molar-refractivity contribution is 7.89. The highest BCUT2D eigenvalue weighted by Gasteiger charge is 2.18. The van der Waals surface area contributed by atoms with Gasteiger partial charge < -0.3 is 10.6 Å². The van der Waals surface area contributed by atoms with Gasteiger partial charge in [-0.15, -0.1) is 12.4 Å². The van der Waals surface area contributed by atoms with Crippen molar-refractivity contribution in [2.24, 2.45) is 0 Å². The fraction of sp³-hybridized carbons (Fsp3) is 0.500. The average molecular weight is 350 g/mol. The molecular weight excluding hydrogens is 326 g/mol. The number of nitrogens with one attached hydrogen (secondary N) is 2. The van der Waals surface area contributed by atoms with Crippen molar-refractivity contribution in [1.29, 1.82) is 0 Å². The van der Waals surface area contributed by atoms with E-state index in [-0.39, 0.29) is 30.6 Å². The molecule has 0 aliphatic rings. The second kappa shape index (κ2) is 9.78.